The van der Waals surface area contributed by atoms with E-state index in [1.165, 1.54) is 4.90 Å². The number of nitrogens with zero attached hydrogens (tertiary/aromatic N) is 6. The Kier molecular flexibility index (Phi) is 6.60. The zero-order valence-corrected chi connectivity index (χ0v) is 25.0. The number of pyridine rings is 2. The second-order valence-electron chi connectivity index (χ2n) is 13.2. The van der Waals surface area contributed by atoms with E-state index in [9.17, 15) is 35.1 Å². The van der Waals surface area contributed by atoms with Gasteiger partial charge in [0.05, 0.1) is 29.4 Å². The maximum absolute atomic E-state index is 16.7. The number of nitrogens with two attached hydrogens (primary N) is 1. The van der Waals surface area contributed by atoms with Gasteiger partial charge in [0.1, 0.15) is 34.8 Å². The van der Waals surface area contributed by atoms with Crippen molar-refractivity contribution in [1.82, 2.24) is 30.2 Å². The third kappa shape index (κ3) is 4.78. The van der Waals surface area contributed by atoms with Crippen LogP contribution in [-0.4, -0.2) is 92.9 Å². The van der Waals surface area contributed by atoms with E-state index in [4.69, 9.17) is 15.2 Å². The molecule has 3 N–H and O–H groups in total. The van der Waals surface area contributed by atoms with E-state index < -0.39 is 112 Å². The number of rotatable bonds is 4. The van der Waals surface area contributed by atoms with Gasteiger partial charge in [0.15, 0.2) is 5.82 Å². The van der Waals surface area contributed by atoms with Crippen molar-refractivity contribution < 1.29 is 49.0 Å². The van der Waals surface area contributed by atoms with Crippen LogP contribution < -0.4 is 25.4 Å². The molecule has 8 rings (SSSR count). The number of piperazine rings is 1. The van der Waals surface area contributed by atoms with Gasteiger partial charge >= 0.3 is 18.4 Å². The zero-order chi connectivity index (χ0) is 34.1. The standard InChI is InChI=1S/C29H27F9N8O2/c1-11-17(28(33,34)35)13(6-15(39)40-11)19-18(30)20-16-23(44-25(43-20)47-10-26-4-5-45(26)9-27(31,32)8-26)46-7-12-2-3-14(41-12)21(46)22(29(36,37)38)48-24(16)42-19/h6,12,14,21-22,41H,2-5,7-10H2,1H3,(H2,39,40)/t12-,14+,21+,22?,26?/m1/s1. The molecule has 5 aliphatic heterocycles. The van der Waals surface area contributed by atoms with Crippen LogP contribution in [0.5, 0.6) is 11.9 Å². The second kappa shape index (κ2) is 10.1. The third-order valence-corrected chi connectivity index (χ3v) is 10.1. The normalized spacial score (nSPS) is 29.2. The molecule has 0 aromatic carbocycles. The van der Waals surface area contributed by atoms with Crippen LogP contribution in [0, 0.1) is 12.7 Å². The van der Waals surface area contributed by atoms with Crippen molar-refractivity contribution in [3.8, 4) is 23.1 Å². The summed E-state index contributed by atoms with van der Waals surface area (Å²) in [5.74, 6) is -5.90. The molecule has 5 atom stereocenters. The van der Waals surface area contributed by atoms with Gasteiger partial charge in [0, 0.05) is 37.2 Å². The highest BCUT2D eigenvalue weighted by atomic mass is 19.4. The van der Waals surface area contributed by atoms with Gasteiger partial charge in [-0.15, -0.1) is 0 Å². The van der Waals surface area contributed by atoms with E-state index in [2.05, 4.69) is 25.3 Å². The summed E-state index contributed by atoms with van der Waals surface area (Å²) in [5.41, 5.74) is 0.0114. The highest BCUT2D eigenvalue weighted by Gasteiger charge is 2.60. The number of hydrogen-bond acceptors (Lipinski definition) is 10. The van der Waals surface area contributed by atoms with E-state index in [0.29, 0.717) is 31.9 Å². The molecule has 8 heterocycles. The highest BCUT2D eigenvalue weighted by molar-refractivity contribution is 5.97. The summed E-state index contributed by atoms with van der Waals surface area (Å²) in [5, 5.41) is 2.75. The van der Waals surface area contributed by atoms with Crippen molar-refractivity contribution >= 4 is 22.5 Å². The fourth-order valence-corrected chi connectivity index (χ4v) is 8.04. The van der Waals surface area contributed by atoms with Crippen LogP contribution in [0.4, 0.5) is 51.1 Å². The Hall–Kier alpha value is -3.87. The van der Waals surface area contributed by atoms with Crippen molar-refractivity contribution in [1.29, 1.82) is 0 Å². The first-order chi connectivity index (χ1) is 22.4. The number of aromatic nitrogens is 4. The Bertz CT molecular complexity index is 1840. The van der Waals surface area contributed by atoms with Crippen LogP contribution in [-0.2, 0) is 6.18 Å². The van der Waals surface area contributed by atoms with Crippen molar-refractivity contribution in [2.45, 2.75) is 80.7 Å². The molecule has 5 aliphatic rings. The van der Waals surface area contributed by atoms with Gasteiger partial charge in [-0.05, 0) is 32.3 Å². The minimum atomic E-state index is -5.10. The van der Waals surface area contributed by atoms with Crippen molar-refractivity contribution in [2.75, 3.05) is 36.9 Å². The molecule has 258 valence electrons. The minimum absolute atomic E-state index is 0.00624. The average molecular weight is 691 g/mol. The second-order valence-corrected chi connectivity index (χ2v) is 13.2. The SMILES string of the molecule is Cc1nc(N)cc(-c2nc3c4c(nc(OCC56CCN5CC(F)(F)C6)nc4c2F)N2C[C@H]4CC[C@H](N4)[C@H]2C(C(F)(F)F)O3)c1C(F)(F)F. The Labute approximate surface area is 265 Å². The van der Waals surface area contributed by atoms with Crippen molar-refractivity contribution in [3.05, 3.63) is 23.1 Å². The van der Waals surface area contributed by atoms with Gasteiger partial charge in [0.25, 0.3) is 5.92 Å². The van der Waals surface area contributed by atoms with Crippen LogP contribution in [0.2, 0.25) is 0 Å². The first-order valence-corrected chi connectivity index (χ1v) is 15.2. The molecule has 0 amide bonds. The molecule has 4 fully saturated rings. The number of halogens is 9. The molecule has 2 unspecified atom stereocenters. The molecular formula is C29H27F9N8O2. The van der Waals surface area contributed by atoms with Gasteiger partial charge in [-0.2, -0.15) is 36.3 Å². The number of aryl methyl sites for hydroxylation is 1. The molecule has 48 heavy (non-hydrogen) atoms. The van der Waals surface area contributed by atoms with E-state index >= 15 is 4.39 Å². The summed E-state index contributed by atoms with van der Waals surface area (Å²) in [6.07, 6.45) is -11.9. The summed E-state index contributed by atoms with van der Waals surface area (Å²) in [4.78, 5) is 19.0. The Morgan fingerprint density at radius 1 is 1.10 bits per heavy atom. The van der Waals surface area contributed by atoms with Gasteiger partial charge < -0.3 is 25.4 Å². The zero-order valence-electron chi connectivity index (χ0n) is 25.0. The third-order valence-electron chi connectivity index (χ3n) is 10.1. The minimum Gasteiger partial charge on any atom is -0.462 e. The lowest BCUT2D eigenvalue weighted by atomic mass is 9.85. The summed E-state index contributed by atoms with van der Waals surface area (Å²) < 4.78 is 144. The Morgan fingerprint density at radius 3 is 2.54 bits per heavy atom. The number of hydrogen-bond donors (Lipinski definition) is 2. The van der Waals surface area contributed by atoms with Crippen LogP contribution in [0.25, 0.3) is 22.2 Å². The molecule has 10 nitrogen and oxygen atoms in total. The predicted molar refractivity (Wildman–Crippen MR) is 150 cm³/mol. The highest BCUT2D eigenvalue weighted by Crippen LogP contribution is 2.50. The lowest BCUT2D eigenvalue weighted by Crippen LogP contribution is -2.66. The van der Waals surface area contributed by atoms with E-state index in [1.54, 1.807) is 4.90 Å². The van der Waals surface area contributed by atoms with Gasteiger partial charge in [0.2, 0.25) is 12.0 Å². The molecular weight excluding hydrogens is 663 g/mol. The largest absolute Gasteiger partial charge is 0.462 e. The smallest absolute Gasteiger partial charge is 0.427 e. The van der Waals surface area contributed by atoms with E-state index in [1.807, 2.05) is 0 Å². The maximum atomic E-state index is 16.7. The Balaban J connectivity index is 1.35. The number of fused-ring (bicyclic) bond motifs is 6. The number of anilines is 2. The van der Waals surface area contributed by atoms with Gasteiger partial charge in [-0.1, -0.05) is 0 Å². The molecule has 0 radical (unpaired) electrons. The summed E-state index contributed by atoms with van der Waals surface area (Å²) >= 11 is 0. The molecule has 19 heteroatoms. The fraction of sp³-hybridized carbons (Fsp3) is 0.586. The number of alkyl halides is 8. The quantitative estimate of drug-likeness (QED) is 0.376. The number of nitrogens with one attached hydrogen (secondary N) is 1. The maximum Gasteiger partial charge on any atom is 0.427 e. The summed E-state index contributed by atoms with van der Waals surface area (Å²) in [6, 6.07) is -2.27. The predicted octanol–water partition coefficient (Wildman–Crippen LogP) is 4.63. The molecule has 3 aromatic heterocycles. The Morgan fingerprint density at radius 2 is 1.88 bits per heavy atom. The lowest BCUT2D eigenvalue weighted by molar-refractivity contribution is -0.203. The molecule has 4 saturated heterocycles. The van der Waals surface area contributed by atoms with Crippen LogP contribution in [0.1, 0.15) is 36.9 Å². The van der Waals surface area contributed by atoms with E-state index in [-0.39, 0.29) is 25.0 Å². The molecule has 2 bridgehead atoms. The summed E-state index contributed by atoms with van der Waals surface area (Å²) in [7, 11) is 0. The molecule has 0 saturated carbocycles. The first-order valence-electron chi connectivity index (χ1n) is 15.2. The van der Waals surface area contributed by atoms with Crippen LogP contribution in [0.15, 0.2) is 6.07 Å². The molecule has 3 aromatic rings. The van der Waals surface area contributed by atoms with Gasteiger partial charge in [-0.25, -0.2) is 23.1 Å². The number of nitrogen functional groups attached to an aromatic ring is 1. The molecule has 0 aliphatic carbocycles. The summed E-state index contributed by atoms with van der Waals surface area (Å²) in [6.45, 7) is 0.566. The monoisotopic (exact) mass is 690 g/mol. The lowest BCUT2D eigenvalue weighted by Gasteiger charge is -2.46. The van der Waals surface area contributed by atoms with E-state index in [0.717, 1.165) is 6.92 Å². The average Bonchev–Trinajstić information content (AvgIpc) is 3.38. The van der Waals surface area contributed by atoms with Crippen molar-refractivity contribution in [2.24, 2.45) is 0 Å². The van der Waals surface area contributed by atoms with Crippen molar-refractivity contribution in [3.63, 3.8) is 0 Å². The van der Waals surface area contributed by atoms with Gasteiger partial charge in [-0.3, -0.25) is 4.90 Å². The fourth-order valence-electron chi connectivity index (χ4n) is 8.04. The topological polar surface area (TPSA) is 115 Å². The van der Waals surface area contributed by atoms with Crippen LogP contribution in [0.3, 0.4) is 0 Å². The first kappa shape index (κ1) is 31.4. The van der Waals surface area contributed by atoms with Crippen LogP contribution >= 0.6 is 0 Å². The molecule has 0 spiro atoms. The number of ether oxygens (including phenoxy) is 2.